The number of ether oxygens (including phenoxy) is 2. The van der Waals surface area contributed by atoms with Gasteiger partial charge in [0, 0.05) is 53.6 Å². The van der Waals surface area contributed by atoms with E-state index in [0.29, 0.717) is 13.2 Å². The van der Waals surface area contributed by atoms with Crippen molar-refractivity contribution in [2.75, 3.05) is 46.3 Å². The molecule has 4 heteroatoms. The largest absolute Gasteiger partial charge is 0.380 e. The molecule has 3 rings (SSSR count). The third kappa shape index (κ3) is 5.10. The molecule has 0 saturated heterocycles. The average Bonchev–Trinajstić information content (AvgIpc) is 2.67. The van der Waals surface area contributed by atoms with Gasteiger partial charge in [-0.3, -0.25) is 4.90 Å². The Morgan fingerprint density at radius 1 is 0.926 bits per heavy atom. The summed E-state index contributed by atoms with van der Waals surface area (Å²) in [7, 11) is 7.67. The zero-order valence-corrected chi connectivity index (χ0v) is 17.1. The summed E-state index contributed by atoms with van der Waals surface area (Å²) >= 11 is 0. The lowest BCUT2D eigenvalue weighted by atomic mass is 9.93. The van der Waals surface area contributed by atoms with Gasteiger partial charge in [0.1, 0.15) is 0 Å². The molecule has 1 heterocycles. The van der Waals surface area contributed by atoms with Gasteiger partial charge < -0.3 is 14.4 Å². The highest BCUT2D eigenvalue weighted by atomic mass is 16.5. The minimum Gasteiger partial charge on any atom is -0.380 e. The standard InChI is InChI=1S/C23H32N2O2/c1-24(2)23-7-5-18(6-8-23)9-11-25-12-10-19-13-21(16-26-3)22(17-27-4)14-20(19)15-25/h5-8,13-14H,9-12,15-17H2,1-4H3. The third-order valence-electron chi connectivity index (χ3n) is 5.38. The van der Waals surface area contributed by atoms with Crippen LogP contribution in [0.15, 0.2) is 36.4 Å². The fourth-order valence-electron chi connectivity index (χ4n) is 3.79. The van der Waals surface area contributed by atoms with E-state index >= 15 is 0 Å². The van der Waals surface area contributed by atoms with E-state index in [1.54, 1.807) is 14.2 Å². The molecule has 4 nitrogen and oxygen atoms in total. The monoisotopic (exact) mass is 368 g/mol. The van der Waals surface area contributed by atoms with Crippen LogP contribution in [0.25, 0.3) is 0 Å². The summed E-state index contributed by atoms with van der Waals surface area (Å²) in [5.41, 5.74) is 8.07. The maximum absolute atomic E-state index is 5.39. The smallest absolute Gasteiger partial charge is 0.0716 e. The Morgan fingerprint density at radius 2 is 1.56 bits per heavy atom. The number of fused-ring (bicyclic) bond motifs is 1. The molecule has 0 fully saturated rings. The van der Waals surface area contributed by atoms with Gasteiger partial charge in [-0.15, -0.1) is 0 Å². The molecule has 27 heavy (non-hydrogen) atoms. The minimum atomic E-state index is 0.643. The molecule has 0 radical (unpaired) electrons. The molecule has 0 amide bonds. The molecule has 2 aromatic carbocycles. The maximum Gasteiger partial charge on any atom is 0.0716 e. The Bertz CT molecular complexity index is 741. The second-order valence-corrected chi connectivity index (χ2v) is 7.59. The average molecular weight is 369 g/mol. The topological polar surface area (TPSA) is 24.9 Å². The van der Waals surface area contributed by atoms with E-state index in [2.05, 4.69) is 60.3 Å². The van der Waals surface area contributed by atoms with Crippen molar-refractivity contribution in [1.82, 2.24) is 4.90 Å². The number of methoxy groups -OCH3 is 2. The van der Waals surface area contributed by atoms with Crippen LogP contribution in [0.5, 0.6) is 0 Å². The van der Waals surface area contributed by atoms with Crippen molar-refractivity contribution < 1.29 is 9.47 Å². The first-order valence-corrected chi connectivity index (χ1v) is 9.70. The summed E-state index contributed by atoms with van der Waals surface area (Å²) in [5, 5.41) is 0. The number of hydrogen-bond donors (Lipinski definition) is 0. The Balaban J connectivity index is 1.64. The number of nitrogens with zero attached hydrogens (tertiary/aromatic N) is 2. The van der Waals surface area contributed by atoms with E-state index < -0.39 is 0 Å². The van der Waals surface area contributed by atoms with E-state index in [0.717, 1.165) is 32.5 Å². The number of rotatable bonds is 8. The molecule has 0 aliphatic carbocycles. The van der Waals surface area contributed by atoms with Gasteiger partial charge in [-0.1, -0.05) is 24.3 Å². The number of benzene rings is 2. The fraction of sp³-hybridized carbons (Fsp3) is 0.478. The van der Waals surface area contributed by atoms with Crippen LogP contribution in [-0.2, 0) is 42.1 Å². The predicted molar refractivity (Wildman–Crippen MR) is 111 cm³/mol. The van der Waals surface area contributed by atoms with Crippen molar-refractivity contribution in [3.63, 3.8) is 0 Å². The third-order valence-corrected chi connectivity index (χ3v) is 5.38. The van der Waals surface area contributed by atoms with Crippen LogP contribution >= 0.6 is 0 Å². The minimum absolute atomic E-state index is 0.643. The summed E-state index contributed by atoms with van der Waals surface area (Å²) < 4.78 is 10.8. The highest BCUT2D eigenvalue weighted by Crippen LogP contribution is 2.25. The van der Waals surface area contributed by atoms with Crippen molar-refractivity contribution in [1.29, 1.82) is 0 Å². The van der Waals surface area contributed by atoms with Gasteiger partial charge in [-0.05, 0) is 52.8 Å². The first-order chi connectivity index (χ1) is 13.1. The van der Waals surface area contributed by atoms with E-state index in [9.17, 15) is 0 Å². The first-order valence-electron chi connectivity index (χ1n) is 9.70. The molecule has 0 N–H and O–H groups in total. The van der Waals surface area contributed by atoms with Crippen molar-refractivity contribution in [3.05, 3.63) is 64.2 Å². The van der Waals surface area contributed by atoms with E-state index in [1.807, 2.05) is 0 Å². The van der Waals surface area contributed by atoms with Gasteiger partial charge in [-0.25, -0.2) is 0 Å². The Hall–Kier alpha value is -1.88. The lowest BCUT2D eigenvalue weighted by molar-refractivity contribution is 0.167. The molecule has 146 valence electrons. The lowest BCUT2D eigenvalue weighted by Gasteiger charge is -2.30. The Kier molecular flexibility index (Phi) is 6.89. The number of anilines is 1. The molecule has 0 saturated carbocycles. The Morgan fingerprint density at radius 3 is 2.15 bits per heavy atom. The quantitative estimate of drug-likeness (QED) is 0.710. The van der Waals surface area contributed by atoms with Gasteiger partial charge >= 0.3 is 0 Å². The molecule has 0 bridgehead atoms. The fourth-order valence-corrected chi connectivity index (χ4v) is 3.79. The summed E-state index contributed by atoms with van der Waals surface area (Å²) in [5.74, 6) is 0. The van der Waals surface area contributed by atoms with E-state index in [-0.39, 0.29) is 0 Å². The predicted octanol–water partition coefficient (Wildman–Crippen LogP) is 3.65. The molecule has 2 aromatic rings. The van der Waals surface area contributed by atoms with E-state index in [1.165, 1.54) is 33.5 Å². The lowest BCUT2D eigenvalue weighted by Crippen LogP contribution is -2.32. The highest BCUT2D eigenvalue weighted by molar-refractivity contribution is 5.46. The van der Waals surface area contributed by atoms with Crippen molar-refractivity contribution in [3.8, 4) is 0 Å². The van der Waals surface area contributed by atoms with Crippen LogP contribution in [-0.4, -0.2) is 46.3 Å². The SMILES string of the molecule is COCc1cc2c(cc1COC)CN(CCc1ccc(N(C)C)cc1)CC2. The summed E-state index contributed by atoms with van der Waals surface area (Å²) in [6.07, 6.45) is 2.20. The van der Waals surface area contributed by atoms with Gasteiger partial charge in [-0.2, -0.15) is 0 Å². The molecule has 1 aliphatic rings. The molecule has 0 atom stereocenters. The van der Waals surface area contributed by atoms with Gasteiger partial charge in [0.15, 0.2) is 0 Å². The summed E-state index contributed by atoms with van der Waals surface area (Å²) in [4.78, 5) is 4.70. The van der Waals surface area contributed by atoms with E-state index in [4.69, 9.17) is 9.47 Å². The van der Waals surface area contributed by atoms with Crippen LogP contribution in [0.1, 0.15) is 27.8 Å². The van der Waals surface area contributed by atoms with Gasteiger partial charge in [0.2, 0.25) is 0 Å². The second kappa shape index (κ2) is 9.36. The van der Waals surface area contributed by atoms with Gasteiger partial charge in [0.05, 0.1) is 13.2 Å². The molecular weight excluding hydrogens is 336 g/mol. The normalized spacial score (nSPS) is 14.2. The maximum atomic E-state index is 5.39. The van der Waals surface area contributed by atoms with Crippen LogP contribution in [0.2, 0.25) is 0 Å². The first kappa shape index (κ1) is 19.9. The summed E-state index contributed by atoms with van der Waals surface area (Å²) in [6.45, 7) is 4.54. The van der Waals surface area contributed by atoms with Crippen molar-refractivity contribution >= 4 is 5.69 Å². The van der Waals surface area contributed by atoms with Crippen LogP contribution in [0.4, 0.5) is 5.69 Å². The molecule has 0 unspecified atom stereocenters. The highest BCUT2D eigenvalue weighted by Gasteiger charge is 2.18. The zero-order valence-electron chi connectivity index (χ0n) is 17.1. The Labute approximate surface area is 163 Å². The van der Waals surface area contributed by atoms with Crippen LogP contribution in [0.3, 0.4) is 0 Å². The molecular formula is C23H32N2O2. The summed E-state index contributed by atoms with van der Waals surface area (Å²) in [6, 6.07) is 13.6. The second-order valence-electron chi connectivity index (χ2n) is 7.59. The van der Waals surface area contributed by atoms with Crippen molar-refractivity contribution in [2.24, 2.45) is 0 Å². The van der Waals surface area contributed by atoms with Gasteiger partial charge in [0.25, 0.3) is 0 Å². The van der Waals surface area contributed by atoms with Crippen LogP contribution in [0, 0.1) is 0 Å². The number of hydrogen-bond acceptors (Lipinski definition) is 4. The van der Waals surface area contributed by atoms with Crippen LogP contribution < -0.4 is 4.90 Å². The molecule has 1 aliphatic heterocycles. The molecule has 0 aromatic heterocycles. The molecule has 0 spiro atoms. The zero-order chi connectivity index (χ0) is 19.2. The van der Waals surface area contributed by atoms with Crippen molar-refractivity contribution in [2.45, 2.75) is 32.6 Å².